The van der Waals surface area contributed by atoms with E-state index in [9.17, 15) is 19.3 Å². The van der Waals surface area contributed by atoms with Crippen LogP contribution in [0.1, 0.15) is 24.9 Å². The number of nitrogens with one attached hydrogen (secondary N) is 1. The molecule has 1 amide bonds. The summed E-state index contributed by atoms with van der Waals surface area (Å²) in [5, 5.41) is 13.7. The zero-order valence-corrected chi connectivity index (χ0v) is 15.0. The van der Waals surface area contributed by atoms with Crippen LogP contribution < -0.4 is 10.1 Å². The number of hydrogen-bond acceptors (Lipinski definition) is 4. The molecule has 0 saturated carbocycles. The summed E-state index contributed by atoms with van der Waals surface area (Å²) in [5.41, 5.74) is 0.532. The van der Waals surface area contributed by atoms with Crippen molar-refractivity contribution in [2.75, 3.05) is 6.61 Å². The Morgan fingerprint density at radius 2 is 2.00 bits per heavy atom. The molecule has 0 aliphatic rings. The van der Waals surface area contributed by atoms with E-state index in [4.69, 9.17) is 4.74 Å². The molecule has 2 aromatic rings. The Hall–Kier alpha value is -2.48. The van der Waals surface area contributed by atoms with E-state index in [1.54, 1.807) is 0 Å². The standard InChI is InChI=1S/C17H16BrFN2O4/c1-2-14(11-3-5-12(18)6-4-11)20-17(22)10-25-16-9-13(19)7-8-15(16)21(23)24/h3-9,14H,2,10H2,1H3,(H,20,22)/t14-/m0/s1. The molecule has 0 aliphatic carbocycles. The van der Waals surface area contributed by atoms with Crippen molar-refractivity contribution in [1.82, 2.24) is 5.32 Å². The summed E-state index contributed by atoms with van der Waals surface area (Å²) < 4.78 is 19.3. The maximum atomic E-state index is 13.2. The number of rotatable bonds is 7. The highest BCUT2D eigenvalue weighted by molar-refractivity contribution is 9.10. The van der Waals surface area contributed by atoms with E-state index >= 15 is 0 Å². The van der Waals surface area contributed by atoms with Gasteiger partial charge < -0.3 is 10.1 Å². The first kappa shape index (κ1) is 18.9. The molecular weight excluding hydrogens is 395 g/mol. The Bertz CT molecular complexity index is 768. The van der Waals surface area contributed by atoms with Crippen LogP contribution in [0.4, 0.5) is 10.1 Å². The fourth-order valence-corrected chi connectivity index (χ4v) is 2.51. The zero-order chi connectivity index (χ0) is 18.4. The molecule has 1 N–H and O–H groups in total. The van der Waals surface area contributed by atoms with Crippen LogP contribution in [0.5, 0.6) is 5.75 Å². The predicted molar refractivity (Wildman–Crippen MR) is 93.9 cm³/mol. The largest absolute Gasteiger partial charge is 0.477 e. The van der Waals surface area contributed by atoms with Crippen molar-refractivity contribution in [3.05, 3.63) is 68.4 Å². The number of carbonyl (C=O) groups excluding carboxylic acids is 1. The second-order valence-corrected chi connectivity index (χ2v) is 6.15. The second-order valence-electron chi connectivity index (χ2n) is 5.24. The van der Waals surface area contributed by atoms with Gasteiger partial charge in [0.2, 0.25) is 5.75 Å². The molecule has 2 rings (SSSR count). The number of halogens is 2. The summed E-state index contributed by atoms with van der Waals surface area (Å²) in [6, 6.07) is 10.1. The summed E-state index contributed by atoms with van der Waals surface area (Å²) in [7, 11) is 0. The van der Waals surface area contributed by atoms with Gasteiger partial charge in [0, 0.05) is 16.6 Å². The maximum absolute atomic E-state index is 13.2. The lowest BCUT2D eigenvalue weighted by atomic mass is 10.0. The Balaban J connectivity index is 2.01. The minimum atomic E-state index is -0.691. The summed E-state index contributed by atoms with van der Waals surface area (Å²) in [6.45, 7) is 1.47. The number of hydrogen-bond donors (Lipinski definition) is 1. The minimum absolute atomic E-state index is 0.216. The molecule has 25 heavy (non-hydrogen) atoms. The van der Waals surface area contributed by atoms with Gasteiger partial charge in [-0.1, -0.05) is 35.0 Å². The highest BCUT2D eigenvalue weighted by Crippen LogP contribution is 2.27. The van der Waals surface area contributed by atoms with Crippen molar-refractivity contribution in [3.8, 4) is 5.75 Å². The quantitative estimate of drug-likeness (QED) is 0.549. The molecule has 0 spiro atoms. The van der Waals surface area contributed by atoms with Crippen molar-refractivity contribution in [3.63, 3.8) is 0 Å². The van der Waals surface area contributed by atoms with Crippen molar-refractivity contribution in [2.24, 2.45) is 0 Å². The molecule has 2 aromatic carbocycles. The van der Waals surface area contributed by atoms with Crippen LogP contribution in [-0.4, -0.2) is 17.4 Å². The Morgan fingerprint density at radius 1 is 1.32 bits per heavy atom. The number of carbonyl (C=O) groups is 1. The van der Waals surface area contributed by atoms with Gasteiger partial charge in [0.25, 0.3) is 5.91 Å². The van der Waals surface area contributed by atoms with Crippen LogP contribution >= 0.6 is 15.9 Å². The predicted octanol–water partition coefficient (Wildman–Crippen LogP) is 4.14. The molecule has 0 aromatic heterocycles. The molecule has 0 aliphatic heterocycles. The van der Waals surface area contributed by atoms with Crippen molar-refractivity contribution in [2.45, 2.75) is 19.4 Å². The molecule has 0 bridgehead atoms. The normalized spacial score (nSPS) is 11.6. The fraction of sp³-hybridized carbons (Fsp3) is 0.235. The van der Waals surface area contributed by atoms with Crippen LogP contribution in [-0.2, 0) is 4.79 Å². The van der Waals surface area contributed by atoms with Gasteiger partial charge in [-0.3, -0.25) is 14.9 Å². The topological polar surface area (TPSA) is 81.5 Å². The van der Waals surface area contributed by atoms with E-state index in [0.717, 1.165) is 28.2 Å². The Morgan fingerprint density at radius 3 is 2.60 bits per heavy atom. The number of benzene rings is 2. The molecule has 6 nitrogen and oxygen atoms in total. The maximum Gasteiger partial charge on any atom is 0.311 e. The van der Waals surface area contributed by atoms with Gasteiger partial charge in [-0.2, -0.15) is 0 Å². The summed E-state index contributed by atoms with van der Waals surface area (Å²) >= 11 is 3.35. The van der Waals surface area contributed by atoms with Gasteiger partial charge in [0.15, 0.2) is 6.61 Å². The van der Waals surface area contributed by atoms with Gasteiger partial charge in [0.1, 0.15) is 5.82 Å². The molecule has 0 saturated heterocycles. The molecular formula is C17H16BrFN2O4. The molecule has 8 heteroatoms. The van der Waals surface area contributed by atoms with Gasteiger partial charge in [-0.15, -0.1) is 0 Å². The number of nitro benzene ring substituents is 1. The summed E-state index contributed by atoms with van der Waals surface area (Å²) in [5.74, 6) is -1.41. The first-order valence-corrected chi connectivity index (χ1v) is 8.31. The van der Waals surface area contributed by atoms with E-state index in [0.29, 0.717) is 6.42 Å². The van der Waals surface area contributed by atoms with Crippen LogP contribution in [0.15, 0.2) is 46.9 Å². The van der Waals surface area contributed by atoms with E-state index in [1.807, 2.05) is 31.2 Å². The molecule has 1 atom stereocenters. The van der Waals surface area contributed by atoms with E-state index in [2.05, 4.69) is 21.2 Å². The first-order valence-electron chi connectivity index (χ1n) is 7.52. The van der Waals surface area contributed by atoms with E-state index in [1.165, 1.54) is 0 Å². The van der Waals surface area contributed by atoms with E-state index in [-0.39, 0.29) is 11.8 Å². The number of ether oxygens (including phenoxy) is 1. The fourth-order valence-electron chi connectivity index (χ4n) is 2.25. The van der Waals surface area contributed by atoms with Crippen molar-refractivity contribution < 1.29 is 18.8 Å². The SMILES string of the molecule is CC[C@H](NC(=O)COc1cc(F)ccc1[N+](=O)[O-])c1ccc(Br)cc1. The van der Waals surface area contributed by atoms with Gasteiger partial charge >= 0.3 is 5.69 Å². The highest BCUT2D eigenvalue weighted by atomic mass is 79.9. The summed E-state index contributed by atoms with van der Waals surface area (Å²) in [6.07, 6.45) is 0.660. The molecule has 0 radical (unpaired) electrons. The van der Waals surface area contributed by atoms with Gasteiger partial charge in [-0.25, -0.2) is 4.39 Å². The third-order valence-corrected chi connectivity index (χ3v) is 4.02. The number of amides is 1. The third-order valence-electron chi connectivity index (χ3n) is 3.49. The van der Waals surface area contributed by atoms with Crippen LogP contribution in [0.3, 0.4) is 0 Å². The lowest BCUT2D eigenvalue weighted by Crippen LogP contribution is -2.32. The molecule has 0 unspecified atom stereocenters. The molecule has 132 valence electrons. The number of nitrogens with zero attached hydrogens (tertiary/aromatic N) is 1. The second kappa shape index (κ2) is 8.57. The van der Waals surface area contributed by atoms with Crippen LogP contribution in [0, 0.1) is 15.9 Å². The molecule has 0 fully saturated rings. The van der Waals surface area contributed by atoms with Crippen LogP contribution in [0.2, 0.25) is 0 Å². The summed E-state index contributed by atoms with van der Waals surface area (Å²) in [4.78, 5) is 22.3. The van der Waals surface area contributed by atoms with Crippen LogP contribution in [0.25, 0.3) is 0 Å². The van der Waals surface area contributed by atoms with Crippen molar-refractivity contribution >= 4 is 27.5 Å². The Labute approximate surface area is 152 Å². The highest BCUT2D eigenvalue weighted by Gasteiger charge is 2.18. The molecule has 0 heterocycles. The lowest BCUT2D eigenvalue weighted by Gasteiger charge is -2.17. The Kier molecular flexibility index (Phi) is 6.46. The number of nitro groups is 1. The average molecular weight is 411 g/mol. The van der Waals surface area contributed by atoms with Gasteiger partial charge in [-0.05, 0) is 30.2 Å². The third kappa shape index (κ3) is 5.25. The lowest BCUT2D eigenvalue weighted by molar-refractivity contribution is -0.385. The monoisotopic (exact) mass is 410 g/mol. The van der Waals surface area contributed by atoms with E-state index < -0.39 is 28.9 Å². The first-order chi connectivity index (χ1) is 11.9. The minimum Gasteiger partial charge on any atom is -0.477 e. The zero-order valence-electron chi connectivity index (χ0n) is 13.4. The smallest absolute Gasteiger partial charge is 0.311 e. The van der Waals surface area contributed by atoms with Crippen molar-refractivity contribution in [1.29, 1.82) is 0 Å². The van der Waals surface area contributed by atoms with Gasteiger partial charge in [0.05, 0.1) is 11.0 Å². The average Bonchev–Trinajstić information content (AvgIpc) is 2.58.